The molecule has 0 N–H and O–H groups in total. The van der Waals surface area contributed by atoms with Crippen molar-refractivity contribution in [2.24, 2.45) is 5.10 Å². The van der Waals surface area contributed by atoms with Gasteiger partial charge in [0.1, 0.15) is 10.6 Å². The van der Waals surface area contributed by atoms with Crippen molar-refractivity contribution in [3.8, 4) is 0 Å². The number of benzene rings is 1. The maximum absolute atomic E-state index is 12.2. The highest BCUT2D eigenvalue weighted by Gasteiger charge is 2.56. The van der Waals surface area contributed by atoms with Gasteiger partial charge < -0.3 is 9.64 Å². The lowest BCUT2D eigenvalue weighted by atomic mass is 10.3. The smallest absolute Gasteiger partial charge is 0.346 e. The van der Waals surface area contributed by atoms with Gasteiger partial charge in [0.15, 0.2) is 10.8 Å². The summed E-state index contributed by atoms with van der Waals surface area (Å²) in [4.78, 5) is 26.5. The maximum Gasteiger partial charge on any atom is 0.346 e. The molecule has 1 atom stereocenters. The van der Waals surface area contributed by atoms with Gasteiger partial charge in [0.05, 0.1) is 17.2 Å². The largest absolute Gasteiger partial charge is 0.465 e. The van der Waals surface area contributed by atoms with Gasteiger partial charge in [-0.15, -0.1) is 0 Å². The summed E-state index contributed by atoms with van der Waals surface area (Å²) in [6.45, 7) is 3.26. The molecule has 0 aliphatic carbocycles. The molecule has 10 heteroatoms. The zero-order chi connectivity index (χ0) is 19.2. The highest BCUT2D eigenvalue weighted by atomic mass is 35.5. The molecule has 0 fully saturated rings. The Morgan fingerprint density at radius 3 is 2.38 bits per heavy atom. The summed E-state index contributed by atoms with van der Waals surface area (Å²) in [5, 5.41) is 7.16. The molecule has 26 heavy (non-hydrogen) atoms. The summed E-state index contributed by atoms with van der Waals surface area (Å²) in [5.74, 6) is -0.628. The SMILES string of the molecule is COC(=O)C1=C(C)N(C)[C@]2(SC(C(C)=O)=NN2c2c(Cl)cccc2Cl)S1. The van der Waals surface area contributed by atoms with Crippen LogP contribution >= 0.6 is 46.7 Å². The van der Waals surface area contributed by atoms with E-state index in [0.29, 0.717) is 31.4 Å². The maximum atomic E-state index is 12.2. The van der Waals surface area contributed by atoms with Crippen molar-refractivity contribution in [3.63, 3.8) is 0 Å². The average molecular weight is 432 g/mol. The number of rotatable bonds is 3. The molecule has 0 radical (unpaired) electrons. The molecule has 3 rings (SSSR count). The number of esters is 1. The molecule has 0 aromatic heterocycles. The van der Waals surface area contributed by atoms with E-state index in [2.05, 4.69) is 5.10 Å². The Kier molecular flexibility index (Phi) is 5.22. The van der Waals surface area contributed by atoms with Gasteiger partial charge in [0, 0.05) is 19.7 Å². The van der Waals surface area contributed by atoms with E-state index in [-0.39, 0.29) is 5.78 Å². The topological polar surface area (TPSA) is 62.2 Å². The zero-order valence-corrected chi connectivity index (χ0v) is 17.5. The lowest BCUT2D eigenvalue weighted by Crippen LogP contribution is -2.47. The number of ether oxygens (including phenoxy) is 1. The third kappa shape index (κ3) is 2.89. The van der Waals surface area contributed by atoms with Crippen LogP contribution in [0.2, 0.25) is 10.0 Å². The summed E-state index contributed by atoms with van der Waals surface area (Å²) in [7, 11) is 3.15. The Bertz CT molecular complexity index is 854. The minimum absolute atomic E-state index is 0.182. The van der Waals surface area contributed by atoms with E-state index in [1.807, 2.05) is 18.9 Å². The van der Waals surface area contributed by atoms with Crippen molar-refractivity contribution < 1.29 is 14.3 Å². The van der Waals surface area contributed by atoms with Gasteiger partial charge in [0.2, 0.25) is 4.33 Å². The minimum atomic E-state index is -0.941. The summed E-state index contributed by atoms with van der Waals surface area (Å²) >= 11 is 15.3. The van der Waals surface area contributed by atoms with Crippen LogP contribution in [-0.4, -0.2) is 40.2 Å². The van der Waals surface area contributed by atoms with E-state index in [1.165, 1.54) is 37.6 Å². The molecule has 2 aliphatic rings. The number of Topliss-reactive ketones (excluding diaryl/α,β-unsaturated/α-hetero) is 1. The Balaban J connectivity index is 2.15. The van der Waals surface area contributed by atoms with E-state index < -0.39 is 10.3 Å². The van der Waals surface area contributed by atoms with Gasteiger partial charge in [-0.25, -0.2) is 9.80 Å². The molecule has 1 aromatic carbocycles. The van der Waals surface area contributed by atoms with Crippen LogP contribution in [0.25, 0.3) is 0 Å². The summed E-state index contributed by atoms with van der Waals surface area (Å²) < 4.78 is 3.95. The standard InChI is InChI=1S/C16H15Cl2N3O3S2/c1-8-13(15(23)24-4)25-16(20(8)3)21(19-14(26-16)9(2)22)12-10(17)6-5-7-11(12)18/h5-7H,1-4H3/t16-/m1/s1. The first-order chi connectivity index (χ1) is 12.2. The van der Waals surface area contributed by atoms with Crippen LogP contribution in [0.3, 0.4) is 0 Å². The highest BCUT2D eigenvalue weighted by Crippen LogP contribution is 2.59. The van der Waals surface area contributed by atoms with Crippen LogP contribution in [0.15, 0.2) is 33.9 Å². The number of para-hydroxylation sites is 1. The first kappa shape index (κ1) is 19.4. The number of nitrogens with zero attached hydrogens (tertiary/aromatic N) is 3. The first-order valence-corrected chi connectivity index (χ1v) is 9.86. The van der Waals surface area contributed by atoms with Gasteiger partial charge in [-0.2, -0.15) is 5.10 Å². The second kappa shape index (κ2) is 6.99. The monoisotopic (exact) mass is 431 g/mol. The molecule has 1 aromatic rings. The molecule has 0 bridgehead atoms. The van der Waals surface area contributed by atoms with Crippen molar-refractivity contribution in [1.29, 1.82) is 0 Å². The average Bonchev–Trinajstić information content (AvgIpc) is 3.09. The molecule has 2 aliphatic heterocycles. The van der Waals surface area contributed by atoms with Crippen molar-refractivity contribution >= 4 is 69.2 Å². The van der Waals surface area contributed by atoms with Crippen LogP contribution in [0.5, 0.6) is 0 Å². The molecular weight excluding hydrogens is 417 g/mol. The van der Waals surface area contributed by atoms with Crippen molar-refractivity contribution in [1.82, 2.24) is 4.90 Å². The summed E-state index contributed by atoms with van der Waals surface area (Å²) in [6.07, 6.45) is 0. The fourth-order valence-electron chi connectivity index (χ4n) is 2.56. The van der Waals surface area contributed by atoms with Gasteiger partial charge in [-0.05, 0) is 30.8 Å². The van der Waals surface area contributed by atoms with E-state index >= 15 is 0 Å². The first-order valence-electron chi connectivity index (χ1n) is 7.47. The molecule has 0 saturated carbocycles. The van der Waals surface area contributed by atoms with Gasteiger partial charge in [0.25, 0.3) is 0 Å². The number of carbonyl (C=O) groups excluding carboxylic acids is 2. The lowest BCUT2D eigenvalue weighted by Gasteiger charge is -2.39. The number of carbonyl (C=O) groups is 2. The lowest BCUT2D eigenvalue weighted by molar-refractivity contribution is -0.135. The van der Waals surface area contributed by atoms with E-state index in [1.54, 1.807) is 23.2 Å². The molecular formula is C16H15Cl2N3O3S2. The number of thioether (sulfide) groups is 2. The highest BCUT2D eigenvalue weighted by molar-refractivity contribution is 8.28. The Morgan fingerprint density at radius 1 is 1.23 bits per heavy atom. The van der Waals surface area contributed by atoms with Crippen molar-refractivity contribution in [2.45, 2.75) is 18.2 Å². The van der Waals surface area contributed by atoms with Crippen LogP contribution < -0.4 is 5.01 Å². The molecule has 1 spiro atoms. The number of allylic oxidation sites excluding steroid dienone is 1. The quantitative estimate of drug-likeness (QED) is 0.666. The number of hydrazone groups is 1. The van der Waals surface area contributed by atoms with Gasteiger partial charge in [-0.3, -0.25) is 4.79 Å². The van der Waals surface area contributed by atoms with Crippen molar-refractivity contribution in [2.75, 3.05) is 19.2 Å². The number of hydrogen-bond acceptors (Lipinski definition) is 8. The van der Waals surface area contributed by atoms with Crippen LogP contribution in [0, 0.1) is 0 Å². The number of halogens is 2. The van der Waals surface area contributed by atoms with Crippen molar-refractivity contribution in [3.05, 3.63) is 38.8 Å². The molecule has 0 amide bonds. The third-order valence-corrected chi connectivity index (χ3v) is 7.76. The number of ketones is 1. The zero-order valence-electron chi connectivity index (χ0n) is 14.4. The fourth-order valence-corrected chi connectivity index (χ4v) is 6.00. The third-order valence-electron chi connectivity index (χ3n) is 4.00. The number of hydrogen-bond donors (Lipinski definition) is 0. The second-order valence-corrected chi connectivity index (χ2v) is 8.98. The van der Waals surface area contributed by atoms with Crippen LogP contribution in [-0.2, 0) is 14.3 Å². The van der Waals surface area contributed by atoms with Gasteiger partial charge >= 0.3 is 5.97 Å². The second-order valence-electron chi connectivity index (χ2n) is 5.56. The fraction of sp³-hybridized carbons (Fsp3) is 0.312. The number of methoxy groups -OCH3 is 1. The predicted molar refractivity (Wildman–Crippen MR) is 107 cm³/mol. The Labute approximate surface area is 169 Å². The van der Waals surface area contributed by atoms with E-state index in [9.17, 15) is 9.59 Å². The molecule has 0 saturated heterocycles. The number of anilines is 1. The van der Waals surface area contributed by atoms with E-state index in [4.69, 9.17) is 27.9 Å². The minimum Gasteiger partial charge on any atom is -0.465 e. The summed E-state index contributed by atoms with van der Waals surface area (Å²) in [6, 6.07) is 5.13. The van der Waals surface area contributed by atoms with Gasteiger partial charge in [-0.1, -0.05) is 41.0 Å². The molecule has 6 nitrogen and oxygen atoms in total. The molecule has 2 heterocycles. The Morgan fingerprint density at radius 2 is 1.85 bits per heavy atom. The van der Waals surface area contributed by atoms with Crippen LogP contribution in [0.4, 0.5) is 5.69 Å². The molecule has 0 unspecified atom stereocenters. The normalized spacial score (nSPS) is 22.3. The Hall–Kier alpha value is -1.35. The van der Waals surface area contributed by atoms with E-state index in [0.717, 1.165) is 0 Å². The molecule has 138 valence electrons. The van der Waals surface area contributed by atoms with Crippen LogP contribution in [0.1, 0.15) is 13.8 Å². The summed E-state index contributed by atoms with van der Waals surface area (Å²) in [5.41, 5.74) is 1.18. The predicted octanol–water partition coefficient (Wildman–Crippen LogP) is 4.14.